The number of hydrogen-bond donors (Lipinski definition) is 1. The molecule has 0 saturated heterocycles. The van der Waals surface area contributed by atoms with Gasteiger partial charge in [-0.25, -0.2) is 0 Å². The van der Waals surface area contributed by atoms with Crippen LogP contribution in [0.3, 0.4) is 0 Å². The van der Waals surface area contributed by atoms with Gasteiger partial charge in [0.05, 0.1) is 12.7 Å². The van der Waals surface area contributed by atoms with Crippen molar-refractivity contribution in [2.75, 3.05) is 0 Å². The maximum atomic E-state index is 10.9. The quantitative estimate of drug-likeness (QED) is 0.610. The molecule has 1 unspecified atom stereocenters. The molecule has 0 aliphatic rings. The monoisotopic (exact) mass is 278 g/mol. The lowest BCUT2D eigenvalue weighted by Gasteiger charge is -2.18. The van der Waals surface area contributed by atoms with E-state index in [2.05, 4.69) is 13.8 Å². The van der Waals surface area contributed by atoms with Crippen LogP contribution in [-0.2, 0) is 16.0 Å². The summed E-state index contributed by atoms with van der Waals surface area (Å²) in [4.78, 5) is 10.9. The van der Waals surface area contributed by atoms with Gasteiger partial charge in [-0.15, -0.1) is 0 Å². The summed E-state index contributed by atoms with van der Waals surface area (Å²) < 4.78 is 11.0. The second-order valence-electron chi connectivity index (χ2n) is 4.88. The minimum atomic E-state index is -0.880. The molecule has 0 spiro atoms. The molecule has 0 saturated carbocycles. The molecule has 0 aliphatic carbocycles. The summed E-state index contributed by atoms with van der Waals surface area (Å²) in [5.74, 6) is 0.0350. The highest BCUT2D eigenvalue weighted by molar-refractivity contribution is 5.71. The van der Waals surface area contributed by atoms with Crippen LogP contribution in [0.2, 0.25) is 0 Å². The molecule has 0 aliphatic heterocycles. The van der Waals surface area contributed by atoms with E-state index in [9.17, 15) is 4.79 Å². The van der Waals surface area contributed by atoms with Crippen LogP contribution in [0.4, 0.5) is 0 Å². The number of hydrogen-bond acceptors (Lipinski definition) is 3. The van der Waals surface area contributed by atoms with Crippen LogP contribution in [0.5, 0.6) is 5.75 Å². The van der Waals surface area contributed by atoms with Crippen molar-refractivity contribution in [3.63, 3.8) is 0 Å². The van der Waals surface area contributed by atoms with Gasteiger partial charge < -0.3 is 14.6 Å². The number of carboxylic acids is 1. The van der Waals surface area contributed by atoms with E-state index in [0.717, 1.165) is 5.56 Å². The van der Waals surface area contributed by atoms with Crippen LogP contribution in [0.1, 0.15) is 44.7 Å². The second-order valence-corrected chi connectivity index (χ2v) is 4.88. The Balaban J connectivity index is 2.98. The fourth-order valence-corrected chi connectivity index (χ4v) is 1.74. The highest BCUT2D eigenvalue weighted by Gasteiger charge is 2.13. The van der Waals surface area contributed by atoms with Gasteiger partial charge in [-0.05, 0) is 24.5 Å². The number of carbonyl (C=O) groups is 1. The van der Waals surface area contributed by atoms with E-state index in [1.807, 2.05) is 19.1 Å². The number of rotatable bonds is 7. The number of carboxylic acid groups (broad SMARTS) is 1. The van der Waals surface area contributed by atoms with Gasteiger partial charge in [-0.3, -0.25) is 4.79 Å². The lowest BCUT2D eigenvalue weighted by Crippen LogP contribution is -2.15. The van der Waals surface area contributed by atoms with E-state index < -0.39 is 12.3 Å². The molecule has 1 aromatic rings. The average molecular weight is 278 g/mol. The topological polar surface area (TPSA) is 55.8 Å². The summed E-state index contributed by atoms with van der Waals surface area (Å²) in [5, 5.41) is 8.95. The number of ether oxygens (including phenoxy) is 2. The molecule has 1 rings (SSSR count). The van der Waals surface area contributed by atoms with Crippen LogP contribution >= 0.6 is 0 Å². The minimum absolute atomic E-state index is 0.0654. The SMILES string of the molecule is C/C=C\OC(C)Oc1cc(C(C)C)ccc1CC(=O)O. The largest absolute Gasteiger partial charge is 0.481 e. The molecule has 20 heavy (non-hydrogen) atoms. The predicted molar refractivity (Wildman–Crippen MR) is 77.9 cm³/mol. The molecule has 4 heteroatoms. The Kier molecular flexibility index (Phi) is 6.10. The van der Waals surface area contributed by atoms with Crippen molar-refractivity contribution >= 4 is 5.97 Å². The first-order chi connectivity index (χ1) is 9.43. The zero-order valence-corrected chi connectivity index (χ0v) is 12.4. The zero-order chi connectivity index (χ0) is 15.1. The van der Waals surface area contributed by atoms with Crippen molar-refractivity contribution < 1.29 is 19.4 Å². The summed E-state index contributed by atoms with van der Waals surface area (Å²) in [6.07, 6.45) is 2.78. The molecule has 0 fully saturated rings. The maximum absolute atomic E-state index is 10.9. The number of aliphatic carboxylic acids is 1. The molecule has 1 atom stereocenters. The molecule has 0 radical (unpaired) electrons. The van der Waals surface area contributed by atoms with Crippen molar-refractivity contribution in [2.24, 2.45) is 0 Å². The first-order valence-corrected chi connectivity index (χ1v) is 6.72. The standard InChI is InChI=1S/C16H22O4/c1-5-8-19-12(4)20-15-9-13(11(2)3)6-7-14(15)10-16(17)18/h5-9,11-12H,10H2,1-4H3,(H,17,18)/b8-5-. The molecule has 0 heterocycles. The Morgan fingerprint density at radius 2 is 2.05 bits per heavy atom. The fourth-order valence-electron chi connectivity index (χ4n) is 1.74. The zero-order valence-electron chi connectivity index (χ0n) is 12.4. The number of allylic oxidation sites excluding steroid dienone is 1. The highest BCUT2D eigenvalue weighted by Crippen LogP contribution is 2.26. The summed E-state index contributed by atoms with van der Waals surface area (Å²) in [7, 11) is 0. The van der Waals surface area contributed by atoms with E-state index in [-0.39, 0.29) is 6.42 Å². The molecule has 1 aromatic carbocycles. The first-order valence-electron chi connectivity index (χ1n) is 6.72. The lowest BCUT2D eigenvalue weighted by molar-refractivity contribution is -0.136. The van der Waals surface area contributed by atoms with E-state index in [1.54, 1.807) is 25.3 Å². The molecule has 0 bridgehead atoms. The Morgan fingerprint density at radius 1 is 1.35 bits per heavy atom. The van der Waals surface area contributed by atoms with Gasteiger partial charge in [0, 0.05) is 12.5 Å². The molecule has 110 valence electrons. The Labute approximate surface area is 120 Å². The van der Waals surface area contributed by atoms with Crippen molar-refractivity contribution in [2.45, 2.75) is 46.3 Å². The molecule has 0 aromatic heterocycles. The maximum Gasteiger partial charge on any atom is 0.307 e. The van der Waals surface area contributed by atoms with Gasteiger partial charge >= 0.3 is 5.97 Å². The summed E-state index contributed by atoms with van der Waals surface area (Å²) in [5.41, 5.74) is 1.75. The van der Waals surface area contributed by atoms with Crippen LogP contribution in [0.25, 0.3) is 0 Å². The van der Waals surface area contributed by atoms with E-state index in [0.29, 0.717) is 17.2 Å². The van der Waals surface area contributed by atoms with E-state index in [4.69, 9.17) is 14.6 Å². The third-order valence-electron chi connectivity index (χ3n) is 2.80. The van der Waals surface area contributed by atoms with Crippen LogP contribution in [0, 0.1) is 0 Å². The lowest BCUT2D eigenvalue weighted by atomic mass is 10.00. The van der Waals surface area contributed by atoms with Gasteiger partial charge in [0.2, 0.25) is 6.29 Å². The predicted octanol–water partition coefficient (Wildman–Crippen LogP) is 3.71. The third-order valence-corrected chi connectivity index (χ3v) is 2.80. The normalized spacial score (nSPS) is 12.7. The Bertz CT molecular complexity index is 477. The minimum Gasteiger partial charge on any atom is -0.481 e. The average Bonchev–Trinajstić information content (AvgIpc) is 2.37. The van der Waals surface area contributed by atoms with Gasteiger partial charge in [-0.1, -0.05) is 32.1 Å². The van der Waals surface area contributed by atoms with Gasteiger partial charge in [-0.2, -0.15) is 0 Å². The smallest absolute Gasteiger partial charge is 0.307 e. The van der Waals surface area contributed by atoms with E-state index in [1.165, 1.54) is 0 Å². The molecule has 0 amide bonds. The second kappa shape index (κ2) is 7.58. The molecule has 1 N–H and O–H groups in total. The van der Waals surface area contributed by atoms with Crippen molar-refractivity contribution in [1.29, 1.82) is 0 Å². The fraction of sp³-hybridized carbons (Fsp3) is 0.438. The molecular weight excluding hydrogens is 256 g/mol. The van der Waals surface area contributed by atoms with Crippen LogP contribution in [-0.4, -0.2) is 17.4 Å². The van der Waals surface area contributed by atoms with Crippen molar-refractivity contribution in [3.8, 4) is 5.75 Å². The van der Waals surface area contributed by atoms with E-state index >= 15 is 0 Å². The third kappa shape index (κ3) is 4.96. The first kappa shape index (κ1) is 16.1. The Morgan fingerprint density at radius 3 is 2.60 bits per heavy atom. The van der Waals surface area contributed by atoms with Crippen molar-refractivity contribution in [3.05, 3.63) is 41.7 Å². The Hall–Kier alpha value is -1.97. The van der Waals surface area contributed by atoms with Gasteiger partial charge in [0.1, 0.15) is 5.75 Å². The highest BCUT2D eigenvalue weighted by atomic mass is 16.7. The summed E-state index contributed by atoms with van der Waals surface area (Å²) >= 11 is 0. The summed E-state index contributed by atoms with van der Waals surface area (Å²) in [6, 6.07) is 5.63. The van der Waals surface area contributed by atoms with Crippen LogP contribution in [0.15, 0.2) is 30.5 Å². The van der Waals surface area contributed by atoms with Crippen LogP contribution < -0.4 is 4.74 Å². The van der Waals surface area contributed by atoms with Gasteiger partial charge in [0.15, 0.2) is 0 Å². The van der Waals surface area contributed by atoms with Crippen molar-refractivity contribution in [1.82, 2.24) is 0 Å². The molecule has 4 nitrogen and oxygen atoms in total. The molecular formula is C16H22O4. The van der Waals surface area contributed by atoms with Gasteiger partial charge in [0.25, 0.3) is 0 Å². The summed E-state index contributed by atoms with van der Waals surface area (Å²) in [6.45, 7) is 7.78. The number of benzene rings is 1.